The summed E-state index contributed by atoms with van der Waals surface area (Å²) in [5.41, 5.74) is 4.09. The Kier molecular flexibility index (Phi) is 8.36. The molecule has 27 heavy (non-hydrogen) atoms. The Labute approximate surface area is 160 Å². The van der Waals surface area contributed by atoms with Gasteiger partial charge in [0.05, 0.1) is 0 Å². The number of aliphatic carboxylic acids is 1. The Morgan fingerprint density at radius 2 is 1.81 bits per heavy atom. The Hall–Kier alpha value is -2.82. The van der Waals surface area contributed by atoms with E-state index in [4.69, 9.17) is 5.11 Å². The molecule has 0 radical (unpaired) electrons. The third-order valence-corrected chi connectivity index (χ3v) is 4.42. The molecule has 0 aliphatic heterocycles. The maximum absolute atomic E-state index is 12.3. The average Bonchev–Trinajstić information content (AvgIpc) is 2.69. The summed E-state index contributed by atoms with van der Waals surface area (Å²) in [6.07, 6.45) is 3.38. The second-order valence-electron chi connectivity index (χ2n) is 6.52. The first-order chi connectivity index (χ1) is 13.1. The SMILES string of the molecule is CCc1ccccc1NCc1cccc(C(=O)NCCCCCC(=O)O)c1. The van der Waals surface area contributed by atoms with E-state index in [9.17, 15) is 9.59 Å². The largest absolute Gasteiger partial charge is 0.481 e. The summed E-state index contributed by atoms with van der Waals surface area (Å²) in [4.78, 5) is 22.7. The zero-order valence-corrected chi connectivity index (χ0v) is 15.8. The number of anilines is 1. The average molecular weight is 368 g/mol. The quantitative estimate of drug-likeness (QED) is 0.519. The highest BCUT2D eigenvalue weighted by Gasteiger charge is 2.06. The minimum Gasteiger partial charge on any atom is -0.481 e. The van der Waals surface area contributed by atoms with Gasteiger partial charge >= 0.3 is 5.97 Å². The van der Waals surface area contributed by atoms with Crippen molar-refractivity contribution in [2.75, 3.05) is 11.9 Å². The molecule has 0 fully saturated rings. The lowest BCUT2D eigenvalue weighted by Crippen LogP contribution is -2.24. The van der Waals surface area contributed by atoms with E-state index in [1.165, 1.54) is 5.56 Å². The molecule has 3 N–H and O–H groups in total. The Bertz CT molecular complexity index is 759. The number of carboxylic acids is 1. The zero-order chi connectivity index (χ0) is 19.5. The molecule has 2 aromatic rings. The van der Waals surface area contributed by atoms with Crippen LogP contribution in [0.25, 0.3) is 0 Å². The number of carbonyl (C=O) groups is 2. The number of nitrogens with one attached hydrogen (secondary N) is 2. The van der Waals surface area contributed by atoms with E-state index in [1.807, 2.05) is 36.4 Å². The molecule has 0 saturated heterocycles. The molecule has 144 valence electrons. The fourth-order valence-corrected chi connectivity index (χ4v) is 2.90. The normalized spacial score (nSPS) is 10.4. The van der Waals surface area contributed by atoms with Crippen molar-refractivity contribution in [2.24, 2.45) is 0 Å². The summed E-state index contributed by atoms with van der Waals surface area (Å²) in [5.74, 6) is -0.866. The molecule has 0 aliphatic carbocycles. The molecular weight excluding hydrogens is 340 g/mol. The maximum Gasteiger partial charge on any atom is 0.303 e. The lowest BCUT2D eigenvalue weighted by atomic mass is 10.1. The van der Waals surface area contributed by atoms with Gasteiger partial charge in [-0.25, -0.2) is 0 Å². The molecule has 0 aromatic heterocycles. The highest BCUT2D eigenvalue weighted by Crippen LogP contribution is 2.17. The van der Waals surface area contributed by atoms with E-state index in [0.29, 0.717) is 25.1 Å². The van der Waals surface area contributed by atoms with E-state index in [1.54, 1.807) is 0 Å². The number of aryl methyl sites for hydroxylation is 1. The lowest BCUT2D eigenvalue weighted by molar-refractivity contribution is -0.137. The standard InChI is InChI=1S/C22H28N2O3/c1-2-18-10-5-6-12-20(18)24-16-17-9-8-11-19(15-17)22(27)23-14-7-3-4-13-21(25)26/h5-6,8-12,15,24H,2-4,7,13-14,16H2,1H3,(H,23,27)(H,25,26). The molecule has 0 unspecified atom stereocenters. The van der Waals surface area contributed by atoms with Crippen LogP contribution < -0.4 is 10.6 Å². The number of para-hydroxylation sites is 1. The summed E-state index contributed by atoms with van der Waals surface area (Å²) in [6.45, 7) is 3.35. The van der Waals surface area contributed by atoms with Gasteiger partial charge in [-0.15, -0.1) is 0 Å². The van der Waals surface area contributed by atoms with Crippen LogP contribution in [0.1, 0.15) is 54.1 Å². The van der Waals surface area contributed by atoms with Crippen LogP contribution in [0.4, 0.5) is 5.69 Å². The van der Waals surface area contributed by atoms with Crippen molar-refractivity contribution in [3.05, 3.63) is 65.2 Å². The topological polar surface area (TPSA) is 78.4 Å². The van der Waals surface area contributed by atoms with Gasteiger partial charge in [-0.05, 0) is 48.6 Å². The number of unbranched alkanes of at least 4 members (excludes halogenated alkanes) is 2. The van der Waals surface area contributed by atoms with E-state index >= 15 is 0 Å². The van der Waals surface area contributed by atoms with Crippen LogP contribution in [-0.2, 0) is 17.8 Å². The van der Waals surface area contributed by atoms with Crippen LogP contribution in [0.3, 0.4) is 0 Å². The monoisotopic (exact) mass is 368 g/mol. The van der Waals surface area contributed by atoms with E-state index in [-0.39, 0.29) is 12.3 Å². The predicted molar refractivity (Wildman–Crippen MR) is 108 cm³/mol. The molecule has 0 heterocycles. The number of carbonyl (C=O) groups excluding carboxylic acids is 1. The van der Waals surface area contributed by atoms with Gasteiger partial charge in [0.15, 0.2) is 0 Å². The van der Waals surface area contributed by atoms with Crippen LogP contribution in [0.2, 0.25) is 0 Å². The smallest absolute Gasteiger partial charge is 0.303 e. The van der Waals surface area contributed by atoms with Crippen molar-refractivity contribution in [3.63, 3.8) is 0 Å². The lowest BCUT2D eigenvalue weighted by Gasteiger charge is -2.12. The van der Waals surface area contributed by atoms with E-state index in [2.05, 4.69) is 29.7 Å². The van der Waals surface area contributed by atoms with Gasteiger partial charge in [-0.3, -0.25) is 9.59 Å². The van der Waals surface area contributed by atoms with Gasteiger partial charge in [-0.2, -0.15) is 0 Å². The second kappa shape index (κ2) is 11.0. The van der Waals surface area contributed by atoms with Crippen molar-refractivity contribution in [2.45, 2.75) is 45.6 Å². The molecule has 0 spiro atoms. The van der Waals surface area contributed by atoms with Gasteiger partial charge in [-0.1, -0.05) is 43.7 Å². The summed E-state index contributed by atoms with van der Waals surface area (Å²) in [5, 5.41) is 14.9. The van der Waals surface area contributed by atoms with Crippen molar-refractivity contribution in [3.8, 4) is 0 Å². The van der Waals surface area contributed by atoms with E-state index < -0.39 is 5.97 Å². The summed E-state index contributed by atoms with van der Waals surface area (Å²) >= 11 is 0. The zero-order valence-electron chi connectivity index (χ0n) is 15.8. The highest BCUT2D eigenvalue weighted by atomic mass is 16.4. The number of hydrogen-bond acceptors (Lipinski definition) is 3. The maximum atomic E-state index is 12.3. The third kappa shape index (κ3) is 7.13. The Morgan fingerprint density at radius 3 is 2.59 bits per heavy atom. The van der Waals surface area contributed by atoms with Crippen molar-refractivity contribution < 1.29 is 14.7 Å². The minimum atomic E-state index is -0.772. The minimum absolute atomic E-state index is 0.0935. The van der Waals surface area contributed by atoms with Crippen molar-refractivity contribution in [1.82, 2.24) is 5.32 Å². The molecule has 0 aliphatic rings. The van der Waals surface area contributed by atoms with E-state index in [0.717, 1.165) is 30.5 Å². The van der Waals surface area contributed by atoms with Gasteiger partial charge in [0.25, 0.3) is 5.91 Å². The second-order valence-corrected chi connectivity index (χ2v) is 6.52. The van der Waals surface area contributed by atoms with Gasteiger partial charge < -0.3 is 15.7 Å². The van der Waals surface area contributed by atoms with Gasteiger partial charge in [0.1, 0.15) is 0 Å². The molecule has 5 nitrogen and oxygen atoms in total. The number of benzene rings is 2. The van der Waals surface area contributed by atoms with Gasteiger partial charge in [0, 0.05) is 30.8 Å². The van der Waals surface area contributed by atoms with Crippen molar-refractivity contribution >= 4 is 17.6 Å². The summed E-state index contributed by atoms with van der Waals surface area (Å²) in [6, 6.07) is 15.8. The van der Waals surface area contributed by atoms with Crippen LogP contribution in [-0.4, -0.2) is 23.5 Å². The van der Waals surface area contributed by atoms with Crippen LogP contribution >= 0.6 is 0 Å². The molecular formula is C22H28N2O3. The molecule has 2 aromatic carbocycles. The van der Waals surface area contributed by atoms with Crippen molar-refractivity contribution in [1.29, 1.82) is 0 Å². The Balaban J connectivity index is 1.81. The van der Waals surface area contributed by atoms with Gasteiger partial charge in [0.2, 0.25) is 0 Å². The first kappa shape index (κ1) is 20.5. The summed E-state index contributed by atoms with van der Waals surface area (Å²) < 4.78 is 0. The fraction of sp³-hybridized carbons (Fsp3) is 0.364. The number of amides is 1. The molecule has 1 amide bonds. The fourth-order valence-electron chi connectivity index (χ4n) is 2.90. The number of rotatable bonds is 11. The molecule has 0 atom stereocenters. The number of hydrogen-bond donors (Lipinski definition) is 3. The molecule has 0 saturated carbocycles. The predicted octanol–water partition coefficient (Wildman–Crippen LogP) is 4.24. The van der Waals surface area contributed by atoms with Crippen LogP contribution in [0, 0.1) is 0 Å². The molecule has 2 rings (SSSR count). The first-order valence-corrected chi connectivity index (χ1v) is 9.51. The number of carboxylic acid groups (broad SMARTS) is 1. The summed E-state index contributed by atoms with van der Waals surface area (Å²) in [7, 11) is 0. The van der Waals surface area contributed by atoms with Crippen LogP contribution in [0.15, 0.2) is 48.5 Å². The Morgan fingerprint density at radius 1 is 1.00 bits per heavy atom. The molecule has 0 bridgehead atoms. The third-order valence-electron chi connectivity index (χ3n) is 4.42. The highest BCUT2D eigenvalue weighted by molar-refractivity contribution is 5.94. The molecule has 5 heteroatoms. The van der Waals surface area contributed by atoms with Crippen LogP contribution in [0.5, 0.6) is 0 Å². The first-order valence-electron chi connectivity index (χ1n) is 9.51.